The summed E-state index contributed by atoms with van der Waals surface area (Å²) >= 11 is 5.95. The van der Waals surface area contributed by atoms with E-state index in [1.54, 1.807) is 0 Å². The maximum absolute atomic E-state index is 6.56. The van der Waals surface area contributed by atoms with Crippen LogP contribution in [-0.4, -0.2) is 56.5 Å². The van der Waals surface area contributed by atoms with Gasteiger partial charge in [-0.25, -0.2) is 19.9 Å². The summed E-state index contributed by atoms with van der Waals surface area (Å²) in [6.45, 7) is 8.44. The number of aromatic nitrogens is 8. The lowest BCUT2D eigenvalue weighted by atomic mass is 9.76. The molecule has 0 saturated carbocycles. The number of halogens is 1. The Morgan fingerprint density at radius 2 is 0.631 bits per heavy atom. The predicted octanol–water partition coefficient (Wildman–Crippen LogP) is 27.9. The molecule has 122 heavy (non-hydrogen) atoms. The Balaban J connectivity index is 0.000000119. The van der Waals surface area contributed by atoms with Crippen LogP contribution in [0, 0.1) is 0 Å². The third kappa shape index (κ3) is 11.7. The number of hydrogen-bond acceptors (Lipinski definition) is 6. The van der Waals surface area contributed by atoms with E-state index in [9.17, 15) is 0 Å². The average Bonchev–Trinajstić information content (AvgIpc) is 1.55. The Labute approximate surface area is 708 Å². The molecule has 0 spiro atoms. The Bertz CT molecular complexity index is 8350. The monoisotopic (exact) mass is 1590 g/mol. The zero-order valence-corrected chi connectivity index (χ0v) is 68.1. The Morgan fingerprint density at radius 1 is 0.262 bits per heavy atom. The summed E-state index contributed by atoms with van der Waals surface area (Å²) in [6, 6.07) is 138. The van der Waals surface area contributed by atoms with E-state index in [1.165, 1.54) is 103 Å². The molecule has 1 fully saturated rings. The van der Waals surface area contributed by atoms with Crippen molar-refractivity contribution in [3.8, 4) is 56.7 Å². The minimum absolute atomic E-state index is 0.280. The number of hydrogen-bond donors (Lipinski definition) is 0. The van der Waals surface area contributed by atoms with Crippen LogP contribution in [0.1, 0.15) is 27.7 Å². The van der Waals surface area contributed by atoms with E-state index in [2.05, 4.69) is 377 Å². The van der Waals surface area contributed by atoms with Crippen LogP contribution >= 0.6 is 11.6 Å². The van der Waals surface area contributed by atoms with Crippen molar-refractivity contribution in [2.75, 3.05) is 0 Å². The Morgan fingerprint density at radius 3 is 1.13 bits per heavy atom. The summed E-state index contributed by atoms with van der Waals surface area (Å²) in [5, 5.41) is 21.8. The largest absolute Gasteiger partial charge is 0.495 e. The van der Waals surface area contributed by atoms with Crippen molar-refractivity contribution >= 4 is 176 Å². The second kappa shape index (κ2) is 28.7. The zero-order valence-electron chi connectivity index (χ0n) is 67.3. The molecule has 0 bridgehead atoms. The minimum atomic E-state index is -0.446. The van der Waals surface area contributed by atoms with Gasteiger partial charge < -0.3 is 27.6 Å². The molecule has 578 valence electrons. The van der Waals surface area contributed by atoms with Gasteiger partial charge in [-0.1, -0.05) is 297 Å². The topological polar surface area (TPSA) is 89.7 Å². The summed E-state index contributed by atoms with van der Waals surface area (Å²) in [4.78, 5) is 19.0. The molecule has 24 aromatic rings. The first-order valence-electron chi connectivity index (χ1n) is 41.5. The van der Waals surface area contributed by atoms with Crippen molar-refractivity contribution in [3.05, 3.63) is 394 Å². The van der Waals surface area contributed by atoms with Gasteiger partial charge in [0, 0.05) is 103 Å². The number of nitrogens with zero attached hydrogens (tertiary/aromatic N) is 8. The number of benzene rings is 18. The van der Waals surface area contributed by atoms with Crippen LogP contribution in [0.4, 0.5) is 0 Å². The van der Waals surface area contributed by atoms with E-state index in [4.69, 9.17) is 30.9 Å². The van der Waals surface area contributed by atoms with Gasteiger partial charge in [-0.3, -0.25) is 0 Å². The maximum atomic E-state index is 6.56. The molecular weight excluding hydrogens is 1510 g/mol. The van der Waals surface area contributed by atoms with Crippen molar-refractivity contribution in [2.45, 2.75) is 38.9 Å². The predicted molar refractivity (Wildman–Crippen MR) is 510 cm³/mol. The smallest absolute Gasteiger partial charge is 0.399 e. The number of fused-ring (bicyclic) bond motifs is 20. The highest BCUT2D eigenvalue weighted by Gasteiger charge is 2.52. The summed E-state index contributed by atoms with van der Waals surface area (Å²) in [7, 11) is -0.446. The van der Waals surface area contributed by atoms with Gasteiger partial charge in [-0.05, 0) is 157 Å². The SMILES string of the molecule is CC1(C)OB(c2ccc(-n3c4ccccc4c4cc5c6ccc7ccccc7c6n(-c6ccccc6)c5cc43)c3ccccc23)OC1(C)C.Clc1nc(-c2ccccc2)c2ccccc2n1.c1ccc(-c2nc(-c3ccc(-n4c5ccccc5c5cc6c7ccc8ccccc8c7n(-c7ccccc7)c6cc54)c4ccccc34)nc3ccccc23)cc1. The van der Waals surface area contributed by atoms with Gasteiger partial charge in [0.2, 0.25) is 5.28 Å². The third-order valence-electron chi connectivity index (χ3n) is 25.3. The van der Waals surface area contributed by atoms with E-state index < -0.39 is 18.3 Å². The van der Waals surface area contributed by atoms with E-state index in [0.29, 0.717) is 5.82 Å². The molecule has 10 nitrogen and oxygen atoms in total. The van der Waals surface area contributed by atoms with Crippen molar-refractivity contribution < 1.29 is 9.31 Å². The molecule has 0 amide bonds. The molecule has 0 atom stereocenters. The first kappa shape index (κ1) is 72.4. The van der Waals surface area contributed by atoms with Gasteiger partial charge in [0.05, 0.1) is 89.1 Å². The van der Waals surface area contributed by atoms with Crippen LogP contribution in [-0.2, 0) is 9.31 Å². The van der Waals surface area contributed by atoms with Crippen LogP contribution in [0.5, 0.6) is 0 Å². The Kier molecular flexibility index (Phi) is 17.0. The van der Waals surface area contributed by atoms with Crippen molar-refractivity contribution in [2.24, 2.45) is 0 Å². The maximum Gasteiger partial charge on any atom is 0.495 e. The molecule has 0 unspecified atom stereocenters. The summed E-state index contributed by atoms with van der Waals surface area (Å²) in [5.74, 6) is 0.717. The lowest BCUT2D eigenvalue weighted by Gasteiger charge is -2.32. The lowest BCUT2D eigenvalue weighted by Crippen LogP contribution is -2.41. The summed E-state index contributed by atoms with van der Waals surface area (Å²) in [5.41, 5.74) is 21.0. The van der Waals surface area contributed by atoms with E-state index in [0.717, 1.165) is 105 Å². The van der Waals surface area contributed by atoms with Crippen molar-refractivity contribution in [3.63, 3.8) is 0 Å². The van der Waals surface area contributed by atoms with Crippen LogP contribution in [0.15, 0.2) is 388 Å². The molecule has 1 saturated heterocycles. The molecule has 6 aromatic heterocycles. The second-order valence-corrected chi connectivity index (χ2v) is 33.0. The normalized spacial score (nSPS) is 13.3. The van der Waals surface area contributed by atoms with Crippen molar-refractivity contribution in [1.82, 2.24) is 38.2 Å². The molecule has 0 aliphatic carbocycles. The minimum Gasteiger partial charge on any atom is -0.399 e. The van der Waals surface area contributed by atoms with Crippen LogP contribution < -0.4 is 5.46 Å². The molecule has 1 aliphatic heterocycles. The van der Waals surface area contributed by atoms with Gasteiger partial charge in [0.15, 0.2) is 5.82 Å². The molecule has 18 aromatic carbocycles. The van der Waals surface area contributed by atoms with Crippen LogP contribution in [0.25, 0.3) is 209 Å². The van der Waals surface area contributed by atoms with Gasteiger partial charge in [0.25, 0.3) is 0 Å². The highest BCUT2D eigenvalue weighted by Crippen LogP contribution is 2.47. The molecule has 0 radical (unpaired) electrons. The standard InChI is InChI=1S/C52H32N4.C44H35BN2O2.C14H9ClN2/c1-3-16-34(17-4-1)50-42-24-11-13-25-45(42)53-52(54-50)41-29-30-47(38-22-10-9-21-37(38)41)56-46-26-14-12-23-39(46)43-31-44-40-28-27-33-15-7-8-20-36(33)51(40)55(48(44)32-49(43)56)35-18-5-2-6-19-35;1-43(2)44(3,4)49-45(48-43)37-24-25-39(32-19-11-10-18-31(32)37)47-38-21-13-12-20-33(38)35-26-36-34-23-22-28-14-8-9-17-30(28)42(34)46(40(36)27-41(35)47)29-15-6-5-7-16-29;15-14-16-12-9-5-4-8-11(12)13(17-14)10-6-2-1-3-7-10/h1-32H;5-27H,1-4H3;1-9H. The zero-order chi connectivity index (χ0) is 81.5. The first-order valence-corrected chi connectivity index (χ1v) is 41.9. The van der Waals surface area contributed by atoms with Gasteiger partial charge in [-0.15, -0.1) is 0 Å². The third-order valence-corrected chi connectivity index (χ3v) is 25.4. The second-order valence-electron chi connectivity index (χ2n) is 32.7. The summed E-state index contributed by atoms with van der Waals surface area (Å²) < 4.78 is 22.9. The highest BCUT2D eigenvalue weighted by molar-refractivity contribution is 6.65. The molecular formula is C110H76BClN8O2. The van der Waals surface area contributed by atoms with Gasteiger partial charge >= 0.3 is 7.12 Å². The summed E-state index contributed by atoms with van der Waals surface area (Å²) in [6.07, 6.45) is 0. The molecule has 25 rings (SSSR count). The van der Waals surface area contributed by atoms with Crippen LogP contribution in [0.3, 0.4) is 0 Å². The quantitative estimate of drug-likeness (QED) is 0.111. The van der Waals surface area contributed by atoms with Crippen LogP contribution in [0.2, 0.25) is 5.28 Å². The average molecular weight is 1590 g/mol. The lowest BCUT2D eigenvalue weighted by molar-refractivity contribution is 0.00578. The molecule has 7 heterocycles. The van der Waals surface area contributed by atoms with E-state index in [1.807, 2.05) is 66.7 Å². The molecule has 1 aliphatic rings. The van der Waals surface area contributed by atoms with Gasteiger partial charge in [-0.2, -0.15) is 0 Å². The fourth-order valence-corrected chi connectivity index (χ4v) is 19.1. The van der Waals surface area contributed by atoms with Gasteiger partial charge in [0.1, 0.15) is 0 Å². The first-order chi connectivity index (χ1) is 59.9. The fraction of sp³-hybridized carbons (Fsp3) is 0.0545. The Hall–Kier alpha value is -14.8. The van der Waals surface area contributed by atoms with E-state index >= 15 is 0 Å². The molecule has 12 heteroatoms. The highest BCUT2D eigenvalue weighted by atomic mass is 35.5. The van der Waals surface area contributed by atoms with Crippen molar-refractivity contribution in [1.29, 1.82) is 0 Å². The molecule has 0 N–H and O–H groups in total. The number of para-hydroxylation sites is 6. The number of rotatable bonds is 8. The van der Waals surface area contributed by atoms with E-state index in [-0.39, 0.29) is 5.28 Å². The fourth-order valence-electron chi connectivity index (χ4n) is 18.9.